The van der Waals surface area contributed by atoms with Gasteiger partial charge < -0.3 is 0 Å². The monoisotopic (exact) mass is 133 g/mol. The molecule has 0 aromatic rings. The van der Waals surface area contributed by atoms with E-state index in [0.717, 1.165) is 6.42 Å². The summed E-state index contributed by atoms with van der Waals surface area (Å²) in [6.07, 6.45) is 3.60. The van der Waals surface area contributed by atoms with Gasteiger partial charge in [0.2, 0.25) is 0 Å². The van der Waals surface area contributed by atoms with E-state index < -0.39 is 0 Å². The summed E-state index contributed by atoms with van der Waals surface area (Å²) >= 11 is 4.72. The molecule has 6 heavy (non-hydrogen) atoms. The van der Waals surface area contributed by atoms with Gasteiger partial charge in [0.1, 0.15) is 0 Å². The van der Waals surface area contributed by atoms with Crippen LogP contribution in [0.2, 0.25) is 0 Å². The molecule has 0 aromatic heterocycles. The van der Waals surface area contributed by atoms with Gasteiger partial charge in [0.15, 0.2) is 0 Å². The predicted octanol–water partition coefficient (Wildman–Crippen LogP) is 1.53. The molecule has 0 amide bonds. The SMILES string of the molecule is CCCC[CH]=[Cu]. The second kappa shape index (κ2) is 5.39. The number of hydrogen-bond acceptors (Lipinski definition) is 0. The maximum atomic E-state index is 4.72. The molecule has 0 atom stereocenters. The van der Waals surface area contributed by atoms with E-state index in [1.807, 2.05) is 0 Å². The molecule has 0 N–H and O–H groups in total. The average Bonchev–Trinajstić information content (AvgIpc) is 1.61. The molecular formula is C5H10Cu. The predicted molar refractivity (Wildman–Crippen MR) is 25.6 cm³/mol. The molecule has 0 fully saturated rings. The van der Waals surface area contributed by atoms with Gasteiger partial charge in [-0.25, -0.2) is 0 Å². The van der Waals surface area contributed by atoms with Gasteiger partial charge in [0.05, 0.1) is 0 Å². The standard InChI is InChI=1S/C5H10.Cu/c1-3-5-4-2;/h1H,3-5H2,2H3;. The van der Waals surface area contributed by atoms with Crippen LogP contribution in [0.4, 0.5) is 0 Å². The van der Waals surface area contributed by atoms with E-state index in [9.17, 15) is 0 Å². The first-order valence-electron chi connectivity index (χ1n) is 2.29. The zero-order valence-corrected chi connectivity index (χ0v) is 4.94. The Kier molecular flexibility index (Phi) is 5.74. The van der Waals surface area contributed by atoms with Gasteiger partial charge in [-0.2, -0.15) is 0 Å². The Morgan fingerprint density at radius 3 is 2.50 bits per heavy atom. The van der Waals surface area contributed by atoms with E-state index in [1.165, 1.54) is 12.8 Å². The van der Waals surface area contributed by atoms with Crippen LogP contribution in [0.25, 0.3) is 0 Å². The minimum absolute atomic E-state index is 1.09. The van der Waals surface area contributed by atoms with Crippen molar-refractivity contribution in [1.82, 2.24) is 0 Å². The first kappa shape index (κ1) is 6.39. The topological polar surface area (TPSA) is 0 Å². The molecule has 0 rings (SSSR count). The Morgan fingerprint density at radius 1 is 1.67 bits per heavy atom. The van der Waals surface area contributed by atoms with Gasteiger partial charge >= 0.3 is 46.7 Å². The molecule has 0 aliphatic rings. The van der Waals surface area contributed by atoms with Crippen molar-refractivity contribution in [3.8, 4) is 0 Å². The van der Waals surface area contributed by atoms with Crippen molar-refractivity contribution in [1.29, 1.82) is 0 Å². The third-order valence-electron chi connectivity index (χ3n) is 0.645. The molecule has 0 bridgehead atoms. The van der Waals surface area contributed by atoms with E-state index in [-0.39, 0.29) is 0 Å². The van der Waals surface area contributed by atoms with Crippen LogP contribution in [0.3, 0.4) is 0 Å². The van der Waals surface area contributed by atoms with Crippen LogP contribution in [0.15, 0.2) is 0 Å². The van der Waals surface area contributed by atoms with Crippen molar-refractivity contribution in [2.45, 2.75) is 26.2 Å². The molecular weight excluding hydrogens is 124 g/mol. The van der Waals surface area contributed by atoms with Crippen molar-refractivity contribution in [2.75, 3.05) is 0 Å². The second-order valence-electron chi connectivity index (χ2n) is 1.27. The molecule has 0 unspecified atom stereocenters. The van der Waals surface area contributed by atoms with Crippen LogP contribution in [0.5, 0.6) is 0 Å². The van der Waals surface area contributed by atoms with Gasteiger partial charge in [0, 0.05) is 0 Å². The summed E-state index contributed by atoms with van der Waals surface area (Å²) in [5.74, 6) is 0. The molecule has 0 nitrogen and oxygen atoms in total. The van der Waals surface area contributed by atoms with Gasteiger partial charge in [-0.05, 0) is 0 Å². The third kappa shape index (κ3) is 4.39. The fourth-order valence-electron chi connectivity index (χ4n) is 0.266. The van der Waals surface area contributed by atoms with Crippen molar-refractivity contribution >= 4 is 4.92 Å². The van der Waals surface area contributed by atoms with Crippen LogP contribution in [-0.2, 0) is 15.6 Å². The number of hydrogen-bond donors (Lipinski definition) is 0. The Balaban J connectivity index is 2.49. The van der Waals surface area contributed by atoms with Crippen LogP contribution >= 0.6 is 0 Å². The van der Waals surface area contributed by atoms with Gasteiger partial charge in [-0.3, -0.25) is 0 Å². The van der Waals surface area contributed by atoms with Gasteiger partial charge in [-0.1, -0.05) is 0 Å². The Labute approximate surface area is 47.3 Å². The molecule has 0 aliphatic carbocycles. The molecule has 0 aromatic carbocycles. The summed E-state index contributed by atoms with van der Waals surface area (Å²) in [6, 6.07) is 0. The summed E-state index contributed by atoms with van der Waals surface area (Å²) in [5.41, 5.74) is 0. The summed E-state index contributed by atoms with van der Waals surface area (Å²) < 4.78 is 0. The molecule has 41 valence electrons. The summed E-state index contributed by atoms with van der Waals surface area (Å²) in [5, 5.41) is 0. The Hall–Kier alpha value is 0.389. The molecule has 0 radical (unpaired) electrons. The minimum atomic E-state index is 1.09. The molecule has 0 spiro atoms. The van der Waals surface area contributed by atoms with Crippen molar-refractivity contribution < 1.29 is 15.6 Å². The van der Waals surface area contributed by atoms with E-state index in [0.29, 0.717) is 0 Å². The van der Waals surface area contributed by atoms with E-state index in [1.54, 1.807) is 4.92 Å². The van der Waals surface area contributed by atoms with Crippen LogP contribution < -0.4 is 0 Å². The van der Waals surface area contributed by atoms with Crippen LogP contribution in [0.1, 0.15) is 26.2 Å². The van der Waals surface area contributed by atoms with Crippen molar-refractivity contribution in [3.05, 3.63) is 0 Å². The maximum absolute atomic E-state index is 4.72. The Morgan fingerprint density at radius 2 is 2.33 bits per heavy atom. The first-order chi connectivity index (χ1) is 2.91. The normalized spacial score (nSPS) is 8.50. The average molecular weight is 134 g/mol. The molecule has 0 saturated carbocycles. The zero-order valence-electron chi connectivity index (χ0n) is 4.00. The van der Waals surface area contributed by atoms with Crippen LogP contribution in [-0.4, -0.2) is 4.92 Å². The second-order valence-corrected chi connectivity index (χ2v) is 1.65. The van der Waals surface area contributed by atoms with E-state index in [4.69, 9.17) is 15.6 Å². The fourth-order valence-corrected chi connectivity index (χ4v) is 0.458. The Bertz CT molecular complexity index is 32.9. The summed E-state index contributed by atoms with van der Waals surface area (Å²) in [4.78, 5) is 1.77. The van der Waals surface area contributed by atoms with Crippen LogP contribution in [0, 0.1) is 0 Å². The number of rotatable bonds is 3. The quantitative estimate of drug-likeness (QED) is 0.405. The third-order valence-corrected chi connectivity index (χ3v) is 0.917. The number of unbranched alkanes of at least 4 members (excludes halogenated alkanes) is 2. The van der Waals surface area contributed by atoms with Crippen molar-refractivity contribution in [2.24, 2.45) is 0 Å². The molecule has 0 aliphatic heterocycles. The van der Waals surface area contributed by atoms with E-state index in [2.05, 4.69) is 6.92 Å². The molecule has 0 heterocycles. The van der Waals surface area contributed by atoms with Crippen molar-refractivity contribution in [3.63, 3.8) is 0 Å². The summed E-state index contributed by atoms with van der Waals surface area (Å²) in [7, 11) is 0. The van der Waals surface area contributed by atoms with Gasteiger partial charge in [-0.15, -0.1) is 0 Å². The molecule has 1 heteroatoms. The van der Waals surface area contributed by atoms with E-state index >= 15 is 0 Å². The zero-order chi connectivity index (χ0) is 4.83. The molecule has 0 saturated heterocycles. The summed E-state index contributed by atoms with van der Waals surface area (Å²) in [6.45, 7) is 2.16. The fraction of sp³-hybridized carbons (Fsp3) is 0.800. The first-order valence-corrected chi connectivity index (χ1v) is 2.83. The van der Waals surface area contributed by atoms with Gasteiger partial charge in [0.25, 0.3) is 0 Å².